The predicted octanol–water partition coefficient (Wildman–Crippen LogP) is 4.91. The number of fused-ring (bicyclic) bond motifs is 1. The maximum Gasteiger partial charge on any atom is 0.303 e. The van der Waals surface area contributed by atoms with E-state index in [1.165, 1.54) is 0 Å². The summed E-state index contributed by atoms with van der Waals surface area (Å²) in [7, 11) is 0. The summed E-state index contributed by atoms with van der Waals surface area (Å²) >= 11 is 0. The summed E-state index contributed by atoms with van der Waals surface area (Å²) in [5, 5.41) is 19.1. The average Bonchev–Trinajstić information content (AvgIpc) is 2.97. The minimum atomic E-state index is -3.20. The lowest BCUT2D eigenvalue weighted by Gasteiger charge is -2.44. The van der Waals surface area contributed by atoms with Gasteiger partial charge in [-0.15, -0.1) is 0 Å². The molecule has 26 heavy (non-hydrogen) atoms. The van der Waals surface area contributed by atoms with Crippen molar-refractivity contribution in [1.29, 1.82) is 0 Å². The number of carbonyl (C=O) groups is 1. The first-order chi connectivity index (χ1) is 12.3. The highest BCUT2D eigenvalue weighted by Gasteiger charge is 2.58. The van der Waals surface area contributed by atoms with Crippen molar-refractivity contribution in [3.05, 3.63) is 12.2 Å². The van der Waals surface area contributed by atoms with Gasteiger partial charge in [-0.2, -0.15) is 0 Å². The van der Waals surface area contributed by atoms with Crippen molar-refractivity contribution in [2.45, 2.75) is 95.4 Å². The quantitative estimate of drug-likeness (QED) is 0.421. The summed E-state index contributed by atoms with van der Waals surface area (Å²) in [6.07, 6.45) is 9.12. The molecule has 2 aliphatic rings. The Balaban J connectivity index is 1.82. The van der Waals surface area contributed by atoms with Crippen molar-refractivity contribution in [1.82, 2.24) is 0 Å². The SMILES string of the molecule is CCCCC(F)(F)C1(O)CC[C@H]2C(CC[C@@H]2C/C=C\CCCC(=O)O)O1. The van der Waals surface area contributed by atoms with Crippen LogP contribution in [0.15, 0.2) is 12.2 Å². The molecule has 0 radical (unpaired) electrons. The first kappa shape index (κ1) is 21.3. The summed E-state index contributed by atoms with van der Waals surface area (Å²) in [5.41, 5.74) is 0. The van der Waals surface area contributed by atoms with Crippen LogP contribution in [0.3, 0.4) is 0 Å². The minimum absolute atomic E-state index is 0.0102. The number of allylic oxidation sites excluding steroid dienone is 2. The third-order valence-corrected chi connectivity index (χ3v) is 5.85. The van der Waals surface area contributed by atoms with Crippen molar-refractivity contribution >= 4 is 5.97 Å². The van der Waals surface area contributed by atoms with Gasteiger partial charge in [-0.1, -0.05) is 25.5 Å². The van der Waals surface area contributed by atoms with Crippen LogP contribution in [0.4, 0.5) is 8.78 Å². The maximum absolute atomic E-state index is 14.4. The largest absolute Gasteiger partial charge is 0.481 e. The fraction of sp³-hybridized carbons (Fsp3) is 0.850. The van der Waals surface area contributed by atoms with Crippen molar-refractivity contribution in [2.75, 3.05) is 0 Å². The van der Waals surface area contributed by atoms with Crippen LogP contribution >= 0.6 is 0 Å². The van der Waals surface area contributed by atoms with Gasteiger partial charge in [0.15, 0.2) is 0 Å². The van der Waals surface area contributed by atoms with Crippen LogP contribution in [0.5, 0.6) is 0 Å². The lowest BCUT2D eigenvalue weighted by Crippen LogP contribution is -2.55. The average molecular weight is 374 g/mol. The van der Waals surface area contributed by atoms with Crippen molar-refractivity contribution in [3.8, 4) is 0 Å². The van der Waals surface area contributed by atoms with E-state index in [2.05, 4.69) is 6.08 Å². The van der Waals surface area contributed by atoms with Gasteiger partial charge in [0.05, 0.1) is 6.10 Å². The zero-order chi connectivity index (χ0) is 19.2. The van der Waals surface area contributed by atoms with E-state index in [0.717, 1.165) is 19.3 Å². The number of carboxylic acid groups (broad SMARTS) is 1. The Kier molecular flexibility index (Phi) is 7.59. The number of rotatable bonds is 10. The molecule has 0 bridgehead atoms. The van der Waals surface area contributed by atoms with E-state index in [9.17, 15) is 18.7 Å². The molecule has 2 rings (SSSR count). The highest BCUT2D eigenvalue weighted by Crippen LogP contribution is 2.50. The van der Waals surface area contributed by atoms with Crippen molar-refractivity contribution in [3.63, 3.8) is 0 Å². The number of aliphatic carboxylic acids is 1. The number of ether oxygens (including phenoxy) is 1. The molecule has 1 aliphatic heterocycles. The number of carboxylic acids is 1. The van der Waals surface area contributed by atoms with Crippen LogP contribution in [-0.4, -0.2) is 34.0 Å². The molecule has 2 unspecified atom stereocenters. The molecule has 6 heteroatoms. The Hall–Kier alpha value is -1.01. The van der Waals surface area contributed by atoms with Crippen LogP contribution in [0.25, 0.3) is 0 Å². The second-order valence-corrected chi connectivity index (χ2v) is 7.78. The fourth-order valence-corrected chi connectivity index (χ4v) is 4.27. The van der Waals surface area contributed by atoms with E-state index < -0.39 is 17.7 Å². The molecule has 1 aliphatic carbocycles. The zero-order valence-corrected chi connectivity index (χ0v) is 15.6. The standard InChI is InChI=1S/C20H32F2O4/c1-2-3-13-19(21,22)20(25)14-12-16-15(10-11-17(16)26-20)8-6-4-5-7-9-18(23)24/h4,6,15-17,25H,2-3,5,7-14H2,1H3,(H,23,24)/b6-4-/t15-,16+,17?,20?/m0/s1. The normalized spacial score (nSPS) is 32.1. The summed E-state index contributed by atoms with van der Waals surface area (Å²) < 4.78 is 34.3. The molecule has 1 heterocycles. The molecule has 0 aromatic rings. The van der Waals surface area contributed by atoms with Gasteiger partial charge in [0, 0.05) is 19.3 Å². The molecule has 4 nitrogen and oxygen atoms in total. The monoisotopic (exact) mass is 374 g/mol. The number of unbranched alkanes of at least 4 members (excludes halogenated alkanes) is 2. The molecule has 0 amide bonds. The maximum atomic E-state index is 14.4. The van der Waals surface area contributed by atoms with E-state index in [0.29, 0.717) is 38.0 Å². The Morgan fingerprint density at radius 1 is 1.27 bits per heavy atom. The number of hydrogen-bond acceptors (Lipinski definition) is 3. The summed E-state index contributed by atoms with van der Waals surface area (Å²) in [5.74, 6) is -5.67. The van der Waals surface area contributed by atoms with Gasteiger partial charge in [0.25, 0.3) is 0 Å². The summed E-state index contributed by atoms with van der Waals surface area (Å²) in [6, 6.07) is 0. The van der Waals surface area contributed by atoms with Gasteiger partial charge >= 0.3 is 11.9 Å². The minimum Gasteiger partial charge on any atom is -0.481 e. The second-order valence-electron chi connectivity index (χ2n) is 7.78. The van der Waals surface area contributed by atoms with Crippen LogP contribution in [0, 0.1) is 11.8 Å². The third-order valence-electron chi connectivity index (χ3n) is 5.85. The number of halogens is 2. The molecule has 1 saturated carbocycles. The highest BCUT2D eigenvalue weighted by molar-refractivity contribution is 5.66. The van der Waals surface area contributed by atoms with Gasteiger partial charge in [0.2, 0.25) is 5.79 Å². The predicted molar refractivity (Wildman–Crippen MR) is 95.0 cm³/mol. The summed E-state index contributed by atoms with van der Waals surface area (Å²) in [4.78, 5) is 10.5. The molecule has 0 aromatic heterocycles. The molecular weight excluding hydrogens is 342 g/mol. The Labute approximate surface area is 154 Å². The van der Waals surface area contributed by atoms with E-state index in [-0.39, 0.29) is 31.3 Å². The molecule has 1 saturated heterocycles. The summed E-state index contributed by atoms with van der Waals surface area (Å²) in [6.45, 7) is 1.86. The molecule has 4 atom stereocenters. The van der Waals surface area contributed by atoms with E-state index in [1.54, 1.807) is 0 Å². The first-order valence-corrected chi connectivity index (χ1v) is 9.94. The van der Waals surface area contributed by atoms with Crippen LogP contribution in [-0.2, 0) is 9.53 Å². The number of hydrogen-bond donors (Lipinski definition) is 2. The Morgan fingerprint density at radius 3 is 2.73 bits per heavy atom. The number of alkyl halides is 2. The van der Waals surface area contributed by atoms with E-state index >= 15 is 0 Å². The molecule has 0 spiro atoms. The lowest BCUT2D eigenvalue weighted by molar-refractivity contribution is -0.356. The molecule has 150 valence electrons. The molecule has 2 fully saturated rings. The Bertz CT molecular complexity index is 494. The lowest BCUT2D eigenvalue weighted by atomic mass is 9.82. The second kappa shape index (κ2) is 9.27. The van der Waals surface area contributed by atoms with E-state index in [1.807, 2.05) is 13.0 Å². The highest BCUT2D eigenvalue weighted by atomic mass is 19.3. The Morgan fingerprint density at radius 2 is 2.04 bits per heavy atom. The van der Waals surface area contributed by atoms with Gasteiger partial charge in [-0.3, -0.25) is 4.79 Å². The van der Waals surface area contributed by atoms with Crippen molar-refractivity contribution in [2.24, 2.45) is 11.8 Å². The topological polar surface area (TPSA) is 66.8 Å². The molecule has 0 aromatic carbocycles. The van der Waals surface area contributed by atoms with Crippen molar-refractivity contribution < 1.29 is 28.5 Å². The van der Waals surface area contributed by atoms with Gasteiger partial charge in [-0.05, 0) is 56.8 Å². The van der Waals surface area contributed by atoms with Gasteiger partial charge in [0.1, 0.15) is 0 Å². The smallest absolute Gasteiger partial charge is 0.303 e. The van der Waals surface area contributed by atoms with Gasteiger partial charge in [-0.25, -0.2) is 8.78 Å². The third kappa shape index (κ3) is 5.26. The zero-order valence-electron chi connectivity index (χ0n) is 15.6. The first-order valence-electron chi connectivity index (χ1n) is 9.94. The van der Waals surface area contributed by atoms with Gasteiger partial charge < -0.3 is 14.9 Å². The number of aliphatic hydroxyl groups is 1. The molecular formula is C20H32F2O4. The van der Waals surface area contributed by atoms with Crippen LogP contribution in [0.2, 0.25) is 0 Å². The van der Waals surface area contributed by atoms with Crippen LogP contribution in [0.1, 0.15) is 77.6 Å². The molecule has 2 N–H and O–H groups in total. The fourth-order valence-electron chi connectivity index (χ4n) is 4.27. The van der Waals surface area contributed by atoms with E-state index in [4.69, 9.17) is 9.84 Å². The van der Waals surface area contributed by atoms with Crippen LogP contribution < -0.4 is 0 Å².